The molecule has 3 aliphatic rings. The van der Waals surface area contributed by atoms with E-state index in [9.17, 15) is 19.1 Å². The third-order valence-corrected chi connectivity index (χ3v) is 6.85. The molecule has 5 nitrogen and oxygen atoms in total. The highest BCUT2D eigenvalue weighted by molar-refractivity contribution is 6.30. The van der Waals surface area contributed by atoms with Crippen LogP contribution in [0.3, 0.4) is 0 Å². The van der Waals surface area contributed by atoms with E-state index in [2.05, 4.69) is 4.90 Å². The van der Waals surface area contributed by atoms with Crippen LogP contribution in [0.4, 0.5) is 4.39 Å². The fraction of sp³-hybridized carbons (Fsp3) is 0.600. The zero-order chi connectivity index (χ0) is 19.1. The molecule has 27 heavy (non-hydrogen) atoms. The summed E-state index contributed by atoms with van der Waals surface area (Å²) in [6, 6.07) is 4.74. The van der Waals surface area contributed by atoms with E-state index in [0.29, 0.717) is 19.6 Å². The quantitative estimate of drug-likeness (QED) is 0.853. The van der Waals surface area contributed by atoms with Crippen LogP contribution in [0.15, 0.2) is 18.2 Å². The Morgan fingerprint density at radius 3 is 2.41 bits per heavy atom. The number of hydrogen-bond donors (Lipinski definition) is 1. The molecule has 4 rings (SSSR count). The maximum absolute atomic E-state index is 13.3. The summed E-state index contributed by atoms with van der Waals surface area (Å²) >= 11 is 5.84. The number of halogens is 2. The molecule has 2 bridgehead atoms. The summed E-state index contributed by atoms with van der Waals surface area (Å²) in [5.74, 6) is -1.64. The van der Waals surface area contributed by atoms with Crippen LogP contribution in [0.1, 0.15) is 24.8 Å². The summed E-state index contributed by atoms with van der Waals surface area (Å²) in [6.07, 6.45) is 2.81. The monoisotopic (exact) mass is 394 g/mol. The molecule has 2 aliphatic carbocycles. The minimum absolute atomic E-state index is 0.0269. The van der Waals surface area contributed by atoms with Gasteiger partial charge in [0.2, 0.25) is 5.91 Å². The first kappa shape index (κ1) is 18.7. The van der Waals surface area contributed by atoms with Crippen molar-refractivity contribution < 1.29 is 19.1 Å². The third kappa shape index (κ3) is 3.57. The van der Waals surface area contributed by atoms with E-state index in [1.54, 1.807) is 12.1 Å². The maximum Gasteiger partial charge on any atom is 0.307 e. The van der Waals surface area contributed by atoms with Gasteiger partial charge >= 0.3 is 5.97 Å². The molecule has 4 atom stereocenters. The molecule has 7 heteroatoms. The van der Waals surface area contributed by atoms with Gasteiger partial charge in [-0.15, -0.1) is 0 Å². The molecule has 1 amide bonds. The van der Waals surface area contributed by atoms with Crippen LogP contribution >= 0.6 is 11.6 Å². The second kappa shape index (κ2) is 7.40. The predicted octanol–water partition coefficient (Wildman–Crippen LogP) is 2.87. The van der Waals surface area contributed by atoms with Gasteiger partial charge in [-0.2, -0.15) is 0 Å². The van der Waals surface area contributed by atoms with Gasteiger partial charge in [0.05, 0.1) is 16.9 Å². The molecule has 0 spiro atoms. The van der Waals surface area contributed by atoms with Gasteiger partial charge in [-0.25, -0.2) is 4.39 Å². The van der Waals surface area contributed by atoms with E-state index in [1.165, 1.54) is 6.07 Å². The Bertz CT molecular complexity index is 751. The number of benzene rings is 1. The summed E-state index contributed by atoms with van der Waals surface area (Å²) in [6.45, 7) is 3.31. The van der Waals surface area contributed by atoms with Crippen molar-refractivity contribution in [2.45, 2.75) is 25.8 Å². The Morgan fingerprint density at radius 1 is 1.11 bits per heavy atom. The summed E-state index contributed by atoms with van der Waals surface area (Å²) in [5, 5.41) is 9.71. The van der Waals surface area contributed by atoms with Crippen LogP contribution in [0.25, 0.3) is 0 Å². The van der Waals surface area contributed by atoms with Crippen molar-refractivity contribution in [3.63, 3.8) is 0 Å². The van der Waals surface area contributed by atoms with Crippen LogP contribution < -0.4 is 0 Å². The lowest BCUT2D eigenvalue weighted by Crippen LogP contribution is -2.52. The zero-order valence-electron chi connectivity index (χ0n) is 15.1. The molecule has 1 heterocycles. The van der Waals surface area contributed by atoms with Gasteiger partial charge < -0.3 is 10.0 Å². The third-order valence-electron chi connectivity index (χ3n) is 6.56. The fourth-order valence-corrected chi connectivity index (χ4v) is 5.44. The Morgan fingerprint density at radius 2 is 1.78 bits per heavy atom. The lowest BCUT2D eigenvalue weighted by Gasteiger charge is -2.38. The first-order valence-corrected chi connectivity index (χ1v) is 9.99. The molecule has 146 valence electrons. The number of hydrogen-bond acceptors (Lipinski definition) is 3. The number of carboxylic acids is 1. The number of aliphatic carboxylic acids is 1. The summed E-state index contributed by atoms with van der Waals surface area (Å²) in [4.78, 5) is 28.8. The second-order valence-electron chi connectivity index (χ2n) is 8.07. The molecule has 0 aromatic heterocycles. The van der Waals surface area contributed by atoms with E-state index < -0.39 is 17.7 Å². The number of carboxylic acid groups (broad SMARTS) is 1. The van der Waals surface area contributed by atoms with Crippen molar-refractivity contribution in [3.8, 4) is 0 Å². The van der Waals surface area contributed by atoms with E-state index in [0.717, 1.165) is 37.9 Å². The lowest BCUT2D eigenvalue weighted by molar-refractivity contribution is -0.153. The first-order chi connectivity index (χ1) is 12.9. The highest BCUT2D eigenvalue weighted by Gasteiger charge is 2.54. The highest BCUT2D eigenvalue weighted by atomic mass is 35.5. The van der Waals surface area contributed by atoms with Gasteiger partial charge in [0.15, 0.2) is 0 Å². The van der Waals surface area contributed by atoms with Crippen LogP contribution in [-0.4, -0.2) is 53.0 Å². The molecule has 1 aromatic rings. The number of amides is 1. The molecule has 1 aliphatic heterocycles. The maximum atomic E-state index is 13.3. The molecular formula is C20H24ClFN2O3. The van der Waals surface area contributed by atoms with Crippen molar-refractivity contribution >= 4 is 23.5 Å². The van der Waals surface area contributed by atoms with Crippen molar-refractivity contribution in [1.82, 2.24) is 9.80 Å². The second-order valence-corrected chi connectivity index (χ2v) is 8.48. The molecule has 4 unspecified atom stereocenters. The van der Waals surface area contributed by atoms with Crippen LogP contribution in [0, 0.1) is 29.5 Å². The number of carbonyl (C=O) groups is 2. The van der Waals surface area contributed by atoms with Crippen LogP contribution in [0.2, 0.25) is 5.02 Å². The molecule has 3 fully saturated rings. The molecule has 2 saturated carbocycles. The minimum Gasteiger partial charge on any atom is -0.481 e. The minimum atomic E-state index is -0.813. The Hall–Kier alpha value is -1.66. The fourth-order valence-electron chi connectivity index (χ4n) is 5.24. The van der Waals surface area contributed by atoms with Gasteiger partial charge in [-0.3, -0.25) is 14.5 Å². The molecule has 0 radical (unpaired) electrons. The number of fused-ring (bicyclic) bond motifs is 2. The number of carbonyl (C=O) groups excluding carboxylic acids is 1. The van der Waals surface area contributed by atoms with Gasteiger partial charge in [0.25, 0.3) is 0 Å². The summed E-state index contributed by atoms with van der Waals surface area (Å²) in [5.41, 5.74) is 0.945. The topological polar surface area (TPSA) is 60.9 Å². The van der Waals surface area contributed by atoms with Crippen LogP contribution in [-0.2, 0) is 16.1 Å². The standard InChI is InChI=1S/C20H24ClFN2O3/c21-15-9-12(1-4-16(15)22)11-23-5-7-24(8-6-23)19(25)17-13-2-3-14(10-13)18(17)20(26)27/h1,4,9,13-14,17-18H,2-3,5-8,10-11H2,(H,26,27). The van der Waals surface area contributed by atoms with Crippen molar-refractivity contribution in [2.75, 3.05) is 26.2 Å². The SMILES string of the molecule is O=C(O)C1C2CCC(C2)C1C(=O)N1CCN(Cc2ccc(F)c(Cl)c2)CC1. The van der Waals surface area contributed by atoms with Crippen molar-refractivity contribution in [2.24, 2.45) is 23.7 Å². The van der Waals surface area contributed by atoms with Crippen LogP contribution in [0.5, 0.6) is 0 Å². The number of nitrogens with zero attached hydrogens (tertiary/aromatic N) is 2. The van der Waals surface area contributed by atoms with Crippen molar-refractivity contribution in [3.05, 3.63) is 34.6 Å². The molecule has 1 saturated heterocycles. The summed E-state index contributed by atoms with van der Waals surface area (Å²) in [7, 11) is 0. The van der Waals surface area contributed by atoms with E-state index >= 15 is 0 Å². The average molecular weight is 395 g/mol. The molecule has 1 N–H and O–H groups in total. The smallest absolute Gasteiger partial charge is 0.307 e. The average Bonchev–Trinajstić information content (AvgIpc) is 3.26. The lowest BCUT2D eigenvalue weighted by atomic mass is 9.78. The Labute approximate surface area is 163 Å². The molecular weight excluding hydrogens is 371 g/mol. The largest absolute Gasteiger partial charge is 0.481 e. The first-order valence-electron chi connectivity index (χ1n) is 9.62. The predicted molar refractivity (Wildman–Crippen MR) is 98.7 cm³/mol. The zero-order valence-corrected chi connectivity index (χ0v) is 15.9. The van der Waals surface area contributed by atoms with Gasteiger partial charge in [0.1, 0.15) is 5.82 Å². The van der Waals surface area contributed by atoms with E-state index in [-0.39, 0.29) is 28.7 Å². The van der Waals surface area contributed by atoms with Gasteiger partial charge in [-0.05, 0) is 48.8 Å². The number of rotatable bonds is 4. The highest BCUT2D eigenvalue weighted by Crippen LogP contribution is 2.53. The summed E-state index contributed by atoms with van der Waals surface area (Å²) < 4.78 is 13.3. The molecule has 1 aromatic carbocycles. The normalized spacial score (nSPS) is 30.7. The van der Waals surface area contributed by atoms with Crippen molar-refractivity contribution in [1.29, 1.82) is 0 Å². The Kier molecular flexibility index (Phi) is 5.12. The van der Waals surface area contributed by atoms with Gasteiger partial charge in [0, 0.05) is 32.7 Å². The van der Waals surface area contributed by atoms with E-state index in [4.69, 9.17) is 11.6 Å². The Balaban J connectivity index is 1.35. The van der Waals surface area contributed by atoms with Gasteiger partial charge in [-0.1, -0.05) is 17.7 Å². The van der Waals surface area contributed by atoms with E-state index in [1.807, 2.05) is 4.90 Å². The number of piperazine rings is 1.